The van der Waals surface area contributed by atoms with Crippen molar-refractivity contribution in [1.29, 1.82) is 0 Å². The average Bonchev–Trinajstić information content (AvgIpc) is 2.85. The minimum atomic E-state index is -0.149. The second-order valence-electron chi connectivity index (χ2n) is 3.74. The van der Waals surface area contributed by atoms with Gasteiger partial charge in [0.15, 0.2) is 0 Å². The third-order valence-electron chi connectivity index (χ3n) is 2.54. The minimum Gasteiger partial charge on any atom is -0.472 e. The van der Waals surface area contributed by atoms with E-state index in [-0.39, 0.29) is 4.69 Å². The Hall–Kier alpha value is -1.27. The molecule has 4 nitrogen and oxygen atoms in total. The van der Waals surface area contributed by atoms with Crippen molar-refractivity contribution in [3.63, 3.8) is 0 Å². The molecule has 2 rings (SSSR count). The molecule has 1 aromatic heterocycles. The van der Waals surface area contributed by atoms with Crippen molar-refractivity contribution in [3.8, 4) is 5.88 Å². The highest BCUT2D eigenvalue weighted by Gasteiger charge is 2.11. The number of carbonyl (C=O) groups is 1. The van der Waals surface area contributed by atoms with Crippen LogP contribution in [-0.4, -0.2) is 13.9 Å². The largest absolute Gasteiger partial charge is 0.472 e. The van der Waals surface area contributed by atoms with E-state index in [0.717, 1.165) is 11.1 Å². The van der Waals surface area contributed by atoms with Crippen LogP contribution in [0.1, 0.15) is 35.3 Å². The quantitative estimate of drug-likeness (QED) is 0.664. The van der Waals surface area contributed by atoms with E-state index in [4.69, 9.17) is 4.74 Å². The van der Waals surface area contributed by atoms with E-state index < -0.39 is 0 Å². The number of hydrogen-bond acceptors (Lipinski definition) is 4. The molecule has 6 heteroatoms. The Morgan fingerprint density at radius 2 is 2.10 bits per heavy atom. The van der Waals surface area contributed by atoms with Crippen LogP contribution in [0.4, 0.5) is 0 Å². The number of hydrogen-bond donors (Lipinski definition) is 1. The summed E-state index contributed by atoms with van der Waals surface area (Å²) in [4.78, 5) is 11.5. The van der Waals surface area contributed by atoms with Gasteiger partial charge >= 0.3 is 0 Å². The van der Waals surface area contributed by atoms with Gasteiger partial charge in [0.1, 0.15) is 6.61 Å². The molecule has 2 aromatic rings. The molecule has 108 valence electrons. The molecule has 20 heavy (non-hydrogen) atoms. The number of rotatable bonds is 4. The molecule has 0 N–H and O–H groups in total. The lowest BCUT2D eigenvalue weighted by molar-refractivity contribution is 0.109. The molecule has 0 aliphatic carbocycles. The molecule has 0 radical (unpaired) electrons. The Balaban J connectivity index is 0.000000956. The molecule has 0 aliphatic rings. The van der Waals surface area contributed by atoms with Crippen LogP contribution in [0.2, 0.25) is 0 Å². The Morgan fingerprint density at radius 1 is 1.40 bits per heavy atom. The monoisotopic (exact) mass is 356 g/mol. The lowest BCUT2D eigenvalue weighted by Gasteiger charge is -2.10. The van der Waals surface area contributed by atoms with Gasteiger partial charge in [-0.3, -0.25) is 4.79 Å². The molecule has 0 aliphatic heterocycles. The minimum absolute atomic E-state index is 0.149. The van der Waals surface area contributed by atoms with Crippen molar-refractivity contribution in [2.45, 2.75) is 27.4 Å². The maximum absolute atomic E-state index is 11.5. The summed E-state index contributed by atoms with van der Waals surface area (Å²) in [5, 5.41) is 3.99. The summed E-state index contributed by atoms with van der Waals surface area (Å²) in [5.41, 5.74) is 2.47. The van der Waals surface area contributed by atoms with Crippen LogP contribution < -0.4 is 4.74 Å². The van der Waals surface area contributed by atoms with Crippen molar-refractivity contribution >= 4 is 33.4 Å². The number of benzene rings is 1. The second kappa shape index (κ2) is 8.11. The molecular formula is C14H17BrN2O2S. The lowest BCUT2D eigenvalue weighted by atomic mass is 10.0. The van der Waals surface area contributed by atoms with Gasteiger partial charge in [0.25, 0.3) is 0 Å². The van der Waals surface area contributed by atoms with Gasteiger partial charge in [0.2, 0.25) is 10.6 Å². The van der Waals surface area contributed by atoms with Crippen molar-refractivity contribution in [1.82, 2.24) is 9.19 Å². The zero-order valence-corrected chi connectivity index (χ0v) is 14.1. The molecule has 0 saturated carbocycles. The maximum atomic E-state index is 11.5. The Labute approximate surface area is 132 Å². The Bertz CT molecular complexity index is 584. The first-order valence-corrected chi connectivity index (χ1v) is 7.43. The highest BCUT2D eigenvalue weighted by atomic mass is 79.9. The SMILES string of the molecule is CC.Cc1cccc(C(=O)Br)c1COc1ccn(S)n1. The summed E-state index contributed by atoms with van der Waals surface area (Å²) in [6.07, 6.45) is 1.67. The third-order valence-corrected chi connectivity index (χ3v) is 3.19. The first-order chi connectivity index (χ1) is 9.58. The Morgan fingerprint density at radius 3 is 2.65 bits per heavy atom. The molecule has 0 saturated heterocycles. The van der Waals surface area contributed by atoms with Crippen LogP contribution >= 0.6 is 28.7 Å². The van der Waals surface area contributed by atoms with E-state index >= 15 is 0 Å². The molecule has 0 amide bonds. The van der Waals surface area contributed by atoms with E-state index in [1.165, 1.54) is 4.09 Å². The van der Waals surface area contributed by atoms with Gasteiger partial charge in [-0.1, -0.05) is 32.0 Å². The standard InChI is InChI=1S/C12H11BrN2O2S.C2H6/c1-8-3-2-4-9(12(13)16)10(8)7-17-11-5-6-15(18)14-11;1-2/h2-6,18H,7H2,1H3;1-2H3. The smallest absolute Gasteiger partial charge is 0.234 e. The van der Waals surface area contributed by atoms with Crippen LogP contribution in [0.5, 0.6) is 5.88 Å². The summed E-state index contributed by atoms with van der Waals surface area (Å²) in [6.45, 7) is 6.24. The van der Waals surface area contributed by atoms with Gasteiger partial charge in [-0.15, -0.1) is 5.10 Å². The molecule has 0 spiro atoms. The topological polar surface area (TPSA) is 44.1 Å². The molecule has 1 aromatic carbocycles. The van der Waals surface area contributed by atoms with Gasteiger partial charge < -0.3 is 4.74 Å². The fraction of sp³-hybridized carbons (Fsp3) is 0.286. The lowest BCUT2D eigenvalue weighted by Crippen LogP contribution is -2.05. The molecule has 0 unspecified atom stereocenters. The van der Waals surface area contributed by atoms with E-state index in [1.54, 1.807) is 18.3 Å². The fourth-order valence-corrected chi connectivity index (χ4v) is 2.13. The van der Waals surface area contributed by atoms with Crippen molar-refractivity contribution in [3.05, 3.63) is 47.2 Å². The summed E-state index contributed by atoms with van der Waals surface area (Å²) in [5.74, 6) is 0.473. The van der Waals surface area contributed by atoms with Crippen LogP contribution in [0.3, 0.4) is 0 Å². The number of ether oxygens (including phenoxy) is 1. The number of nitrogens with zero attached hydrogens (tertiary/aromatic N) is 2. The first-order valence-electron chi connectivity index (χ1n) is 6.24. The predicted octanol–water partition coefficient (Wildman–Crippen LogP) is 4.02. The van der Waals surface area contributed by atoms with Crippen molar-refractivity contribution in [2.24, 2.45) is 0 Å². The van der Waals surface area contributed by atoms with E-state index in [1.807, 2.05) is 32.9 Å². The summed E-state index contributed by atoms with van der Waals surface area (Å²) in [7, 11) is 0. The van der Waals surface area contributed by atoms with Crippen molar-refractivity contribution < 1.29 is 9.53 Å². The average molecular weight is 357 g/mol. The van der Waals surface area contributed by atoms with E-state index in [2.05, 4.69) is 33.8 Å². The summed E-state index contributed by atoms with van der Waals surface area (Å²) in [6, 6.07) is 7.26. The van der Waals surface area contributed by atoms with Crippen LogP contribution in [0, 0.1) is 6.92 Å². The van der Waals surface area contributed by atoms with E-state index in [9.17, 15) is 4.79 Å². The molecule has 0 fully saturated rings. The highest BCUT2D eigenvalue weighted by Crippen LogP contribution is 2.19. The van der Waals surface area contributed by atoms with Gasteiger partial charge in [-0.2, -0.15) is 0 Å². The van der Waals surface area contributed by atoms with Gasteiger partial charge in [-0.25, -0.2) is 4.09 Å². The molecular weight excluding hydrogens is 340 g/mol. The van der Waals surface area contributed by atoms with Gasteiger partial charge in [-0.05, 0) is 41.2 Å². The number of thiol groups is 1. The first kappa shape index (κ1) is 16.8. The number of aromatic nitrogens is 2. The second-order valence-corrected chi connectivity index (χ2v) is 4.87. The third kappa shape index (κ3) is 4.38. The number of halogens is 1. The van der Waals surface area contributed by atoms with Crippen molar-refractivity contribution in [2.75, 3.05) is 0 Å². The number of aryl methyl sites for hydroxylation is 1. The predicted molar refractivity (Wildman–Crippen MR) is 86.7 cm³/mol. The van der Waals surface area contributed by atoms with Crippen LogP contribution in [0.15, 0.2) is 30.5 Å². The summed E-state index contributed by atoms with van der Waals surface area (Å²) >= 11 is 6.99. The molecule has 0 atom stereocenters. The Kier molecular flexibility index (Phi) is 6.81. The maximum Gasteiger partial charge on any atom is 0.234 e. The zero-order chi connectivity index (χ0) is 15.1. The van der Waals surface area contributed by atoms with Gasteiger partial charge in [0, 0.05) is 23.4 Å². The normalized spacial score (nSPS) is 9.65. The molecule has 1 heterocycles. The highest BCUT2D eigenvalue weighted by molar-refractivity contribution is 9.18. The molecule has 0 bridgehead atoms. The van der Waals surface area contributed by atoms with Crippen LogP contribution in [0.25, 0.3) is 0 Å². The summed E-state index contributed by atoms with van der Waals surface area (Å²) < 4.78 is 6.75. The number of carbonyl (C=O) groups excluding carboxylic acids is 1. The zero-order valence-electron chi connectivity index (χ0n) is 11.6. The van der Waals surface area contributed by atoms with Crippen LogP contribution in [-0.2, 0) is 6.61 Å². The van der Waals surface area contributed by atoms with Gasteiger partial charge in [0.05, 0.1) is 0 Å². The fourth-order valence-electron chi connectivity index (χ4n) is 1.60. The van der Waals surface area contributed by atoms with E-state index in [0.29, 0.717) is 18.1 Å².